The molecule has 0 aromatic heterocycles. The Bertz CT molecular complexity index is 3640. The van der Waals surface area contributed by atoms with Crippen LogP contribution in [-0.2, 0) is 60.7 Å². The molecule has 0 saturated carbocycles. The molecule has 0 amide bonds. The van der Waals surface area contributed by atoms with Crippen LogP contribution < -0.4 is 98.5 Å². The second-order valence-electron chi connectivity index (χ2n) is 23.2. The van der Waals surface area contributed by atoms with Crippen LogP contribution in [0.25, 0.3) is 26.8 Å². The number of ketones is 1. The zero-order chi connectivity index (χ0) is 64.1. The van der Waals surface area contributed by atoms with Crippen LogP contribution in [0.3, 0.4) is 0 Å². The summed E-state index contributed by atoms with van der Waals surface area (Å²) in [6.45, 7) is 19.7. The second-order valence-corrected chi connectivity index (χ2v) is 26.6. The van der Waals surface area contributed by atoms with Crippen molar-refractivity contribution in [3.63, 3.8) is 0 Å². The first-order valence-electron chi connectivity index (χ1n) is 30.0. The van der Waals surface area contributed by atoms with Crippen molar-refractivity contribution in [2.75, 3.05) is 93.7 Å². The Morgan fingerprint density at radius 2 is 1.43 bits per heavy atom. The summed E-state index contributed by atoms with van der Waals surface area (Å²) in [4.78, 5) is 19.7. The Morgan fingerprint density at radius 3 is 2.07 bits per heavy atom. The number of benzene rings is 4. The van der Waals surface area contributed by atoms with Gasteiger partial charge >= 0.3 is 99.3 Å². The van der Waals surface area contributed by atoms with Crippen LogP contribution in [-0.4, -0.2) is 139 Å². The van der Waals surface area contributed by atoms with E-state index in [1.807, 2.05) is 35.2 Å². The smallest absolute Gasteiger partial charge is 0.748 e. The molecule has 0 N–H and O–H groups in total. The molecule has 19 nitrogen and oxygen atoms in total. The third-order valence-electron chi connectivity index (χ3n) is 16.1. The fraction of sp³-hybridized carbons (Fsp3) is 0.492. The maximum Gasteiger partial charge on any atom is 1.00 e. The van der Waals surface area contributed by atoms with Crippen molar-refractivity contribution in [2.24, 2.45) is 5.11 Å². The number of anilines is 2. The number of fused-ring (bicyclic) bond motifs is 4. The van der Waals surface area contributed by atoms with Crippen LogP contribution in [0.5, 0.6) is 0 Å². The molecule has 4 aromatic carbocycles. The summed E-state index contributed by atoms with van der Waals surface area (Å²) in [5.41, 5.74) is 19.3. The molecule has 7 rings (SSSR count). The first kappa shape index (κ1) is 81.8. The molecule has 0 atom stereocenters. The van der Waals surface area contributed by atoms with Crippen LogP contribution in [0.2, 0.25) is 0 Å². The summed E-state index contributed by atoms with van der Waals surface area (Å²) >= 11 is 0. The summed E-state index contributed by atoms with van der Waals surface area (Å²) in [5, 5.41) is 5.83. The minimum absolute atomic E-state index is 0. The molecule has 0 saturated heterocycles. The predicted octanol–water partition coefficient (Wildman–Crippen LogP) is 2.64. The van der Waals surface area contributed by atoms with Gasteiger partial charge < -0.3 is 40.0 Å². The molecule has 91 heavy (non-hydrogen) atoms. The zero-order valence-corrected chi connectivity index (χ0v) is 62.7. The average Bonchev–Trinajstić information content (AvgIpc) is 1.60. The second kappa shape index (κ2) is 39.6. The fourth-order valence-corrected chi connectivity index (χ4v) is 13.0. The first-order chi connectivity index (χ1) is 41.9. The molecule has 0 fully saturated rings. The number of aryl methyl sites for hydroxylation is 1. The van der Waals surface area contributed by atoms with E-state index in [-0.39, 0.29) is 126 Å². The molecule has 26 heteroatoms. The van der Waals surface area contributed by atoms with Crippen LogP contribution >= 0.6 is 0 Å². The van der Waals surface area contributed by atoms with Crippen LogP contribution in [0.15, 0.2) is 119 Å². The molecule has 2 aliphatic heterocycles. The number of rotatable bonds is 34. The van der Waals surface area contributed by atoms with Gasteiger partial charge in [-0.15, -0.1) is 12.6 Å². The molecular formula is C65H83FN6Na3O13S3+. The predicted molar refractivity (Wildman–Crippen MR) is 340 cm³/mol. The Hall–Kier alpha value is -3.40. The Labute approximate surface area is 605 Å². The molecule has 0 bridgehead atoms. The van der Waals surface area contributed by atoms with E-state index in [9.17, 15) is 30.7 Å². The summed E-state index contributed by atoms with van der Waals surface area (Å²) in [6, 6.07) is 24.0. The number of azide groups is 1. The summed E-state index contributed by atoms with van der Waals surface area (Å²) in [6.07, 6.45) is 16.0. The van der Waals surface area contributed by atoms with Crippen LogP contribution in [0.1, 0.15) is 127 Å². The molecular weight excluding hydrogens is 1260 g/mol. The van der Waals surface area contributed by atoms with Gasteiger partial charge in [0, 0.05) is 108 Å². The van der Waals surface area contributed by atoms with E-state index in [0.717, 1.165) is 84.4 Å². The third-order valence-corrected chi connectivity index (χ3v) is 17.6. The van der Waals surface area contributed by atoms with Crippen molar-refractivity contribution in [2.45, 2.75) is 122 Å². The normalized spacial score (nSPS) is 15.8. The number of carbonyl (C=O) groups is 1. The molecule has 2 heterocycles. The van der Waals surface area contributed by atoms with Gasteiger partial charge in [0.1, 0.15) is 18.1 Å². The van der Waals surface area contributed by atoms with E-state index in [1.54, 1.807) is 6.07 Å². The topological polar surface area (TPSA) is 269 Å². The fourth-order valence-electron chi connectivity index (χ4n) is 12.0. The molecule has 478 valence electrons. The molecule has 0 spiro atoms. The quantitative estimate of drug-likeness (QED) is 0.00951. The SMILES string of the molecule is O=S(=O)=O.[CH2-]CCN1/C(=C/C=C2\CCCC(/C=C/C3=[N+](CCCCCC(=O)CCCOCCOCCOCCN=[N+]=[N-])c4ccc5cc(C)ccc5c4C3(C)C)=C2c2ccccc2F)C(C)(C)c2cc(N(CCCS(=O)(=O)[O-])CCCS(=O)(=O)[O-])ccc21.[Na+].[Na+].[Na+]. The van der Waals surface area contributed by atoms with E-state index >= 15 is 4.39 Å². The molecule has 1 aliphatic carbocycles. The number of carbonyl (C=O) groups excluding carboxylic acids is 1. The van der Waals surface area contributed by atoms with Crippen LogP contribution in [0.4, 0.5) is 21.5 Å². The van der Waals surface area contributed by atoms with E-state index < -0.39 is 53.2 Å². The third kappa shape index (κ3) is 24.6. The van der Waals surface area contributed by atoms with Gasteiger partial charge in [0.15, 0.2) is 5.71 Å². The molecule has 4 aromatic rings. The Morgan fingerprint density at radius 1 is 0.791 bits per heavy atom. The maximum absolute atomic E-state index is 16.4. The molecule has 0 radical (unpaired) electrons. The van der Waals surface area contributed by atoms with E-state index in [1.165, 1.54) is 33.7 Å². The van der Waals surface area contributed by atoms with Gasteiger partial charge in [-0.3, -0.25) is 4.79 Å². The number of hydrogen-bond donors (Lipinski definition) is 0. The molecule has 0 unspecified atom stereocenters. The zero-order valence-electron chi connectivity index (χ0n) is 54.2. The monoisotopic (exact) mass is 1340 g/mol. The summed E-state index contributed by atoms with van der Waals surface area (Å²) in [7, 11) is -12.1. The number of halogens is 1. The van der Waals surface area contributed by atoms with Gasteiger partial charge in [0.05, 0.1) is 58.7 Å². The van der Waals surface area contributed by atoms with Gasteiger partial charge in [0.2, 0.25) is 5.69 Å². The number of allylic oxidation sites excluding steroid dienone is 8. The Balaban J connectivity index is 0.00000300. The minimum atomic E-state index is -4.48. The van der Waals surface area contributed by atoms with E-state index in [0.29, 0.717) is 89.7 Å². The number of unbranched alkanes of at least 4 members (excludes halogenated alkanes) is 2. The van der Waals surface area contributed by atoms with Crippen LogP contribution in [0, 0.1) is 19.7 Å². The van der Waals surface area contributed by atoms with Gasteiger partial charge in [-0.1, -0.05) is 73.1 Å². The van der Waals surface area contributed by atoms with Crippen molar-refractivity contribution in [1.82, 2.24) is 0 Å². The van der Waals surface area contributed by atoms with Gasteiger partial charge in [-0.2, -0.15) is 11.0 Å². The summed E-state index contributed by atoms with van der Waals surface area (Å²) < 4.78 is 130. The van der Waals surface area contributed by atoms with Crippen molar-refractivity contribution in [3.8, 4) is 0 Å². The largest absolute Gasteiger partial charge is 1.00 e. The minimum Gasteiger partial charge on any atom is -0.748 e. The maximum atomic E-state index is 16.4. The number of ether oxygens (including phenoxy) is 3. The van der Waals surface area contributed by atoms with Gasteiger partial charge in [-0.25, -0.2) is 21.2 Å². The van der Waals surface area contributed by atoms with Crippen molar-refractivity contribution < 1.29 is 155 Å². The van der Waals surface area contributed by atoms with E-state index in [4.69, 9.17) is 32.4 Å². The number of nitrogens with zero attached hydrogens (tertiary/aromatic N) is 6. The van der Waals surface area contributed by atoms with Crippen molar-refractivity contribution >= 4 is 75.7 Å². The standard InChI is InChI=1S/C65H85FN6O10S2.3Na.O3S/c1-7-34-71-58-30-27-52(70(35-15-44-83(74,75)76)36-16-45-84(77,78)79)47-56(58)64(3,4)60(71)31-25-49-17-13-18-50(62(49)55-21-10-11-22-57(55)66)26-32-61-65(5,6)63-54-28-23-48(2)46-51(54)24-29-59(63)72(61)37-12-8-9-19-53(73)20-14-38-80-40-42-82-43-41-81-39-33-68-69-67;;;;1-4(2)3/h10-11,21-32,46-47H,1,7-9,12-20,33-45H2,2-6H3,(H,74,75,76)(H,77,78,79);;;;/q;3*+1;/p-2. The summed E-state index contributed by atoms with van der Waals surface area (Å²) in [5.74, 6) is -1.22. The number of Topliss-reactive ketones (excluding diaryl/α,β-unsaturated/α-hetero) is 1. The first-order valence-corrected chi connectivity index (χ1v) is 34.2. The molecule has 3 aliphatic rings. The van der Waals surface area contributed by atoms with Crippen molar-refractivity contribution in [3.05, 3.63) is 159 Å². The van der Waals surface area contributed by atoms with E-state index in [2.05, 4.69) is 116 Å². The van der Waals surface area contributed by atoms with Crippen molar-refractivity contribution in [1.29, 1.82) is 0 Å². The van der Waals surface area contributed by atoms with Gasteiger partial charge in [0.25, 0.3) is 0 Å². The van der Waals surface area contributed by atoms with Gasteiger partial charge in [-0.05, 0) is 154 Å². The Kier molecular flexibility index (Phi) is 35.6. The number of hydrogen-bond acceptors (Lipinski definition) is 16. The average molecular weight is 1340 g/mol.